The summed E-state index contributed by atoms with van der Waals surface area (Å²) in [4.78, 5) is 34.9. The highest BCUT2D eigenvalue weighted by Crippen LogP contribution is 2.22. The van der Waals surface area contributed by atoms with Crippen LogP contribution < -0.4 is 10.6 Å². The minimum atomic E-state index is -0.572. The second-order valence-corrected chi connectivity index (χ2v) is 4.46. The van der Waals surface area contributed by atoms with Crippen LogP contribution in [-0.2, 0) is 14.4 Å². The van der Waals surface area contributed by atoms with Crippen LogP contribution in [0, 0.1) is 0 Å². The highest BCUT2D eigenvalue weighted by molar-refractivity contribution is 5.75. The number of aldehydes is 3. The van der Waals surface area contributed by atoms with Crippen molar-refractivity contribution in [1.29, 1.82) is 0 Å². The Hall–Kier alpha value is -1.11. The number of rotatable bonds is 4. The topological polar surface area (TPSA) is 78.5 Å². The Labute approximate surface area is 99.7 Å². The van der Waals surface area contributed by atoms with E-state index in [1.165, 1.54) is 0 Å². The number of nitrogens with zero attached hydrogens (tertiary/aromatic N) is 1. The molecule has 0 radical (unpaired) electrons. The van der Waals surface area contributed by atoms with E-state index >= 15 is 0 Å². The lowest BCUT2D eigenvalue weighted by Gasteiger charge is -2.35. The van der Waals surface area contributed by atoms with Crippen molar-refractivity contribution < 1.29 is 14.4 Å². The first-order valence-corrected chi connectivity index (χ1v) is 5.92. The van der Waals surface area contributed by atoms with Crippen molar-refractivity contribution in [3.63, 3.8) is 0 Å². The smallest absolute Gasteiger partial charge is 0.151 e. The first kappa shape index (κ1) is 12.3. The van der Waals surface area contributed by atoms with Crippen LogP contribution in [0.15, 0.2) is 0 Å². The average molecular weight is 239 g/mol. The van der Waals surface area contributed by atoms with Gasteiger partial charge < -0.3 is 19.7 Å². The first-order chi connectivity index (χ1) is 8.31. The number of hydrogen-bond donors (Lipinski definition) is 2. The average Bonchev–Trinajstić information content (AvgIpc) is 2.77. The first-order valence-electron chi connectivity index (χ1n) is 5.92. The van der Waals surface area contributed by atoms with Crippen molar-refractivity contribution in [2.45, 2.75) is 37.1 Å². The van der Waals surface area contributed by atoms with Gasteiger partial charge in [0.05, 0.1) is 12.1 Å². The van der Waals surface area contributed by atoms with Gasteiger partial charge in [-0.1, -0.05) is 0 Å². The lowest BCUT2D eigenvalue weighted by atomic mass is 10.0. The molecule has 17 heavy (non-hydrogen) atoms. The van der Waals surface area contributed by atoms with Gasteiger partial charge in [0, 0.05) is 6.04 Å². The van der Waals surface area contributed by atoms with Crippen molar-refractivity contribution in [2.24, 2.45) is 0 Å². The summed E-state index contributed by atoms with van der Waals surface area (Å²) in [7, 11) is 0. The van der Waals surface area contributed by atoms with E-state index in [2.05, 4.69) is 10.6 Å². The summed E-state index contributed by atoms with van der Waals surface area (Å²) in [6.07, 6.45) is 3.49. The van der Waals surface area contributed by atoms with Gasteiger partial charge in [-0.25, -0.2) is 0 Å². The summed E-state index contributed by atoms with van der Waals surface area (Å²) in [5.41, 5.74) is 0. The van der Waals surface area contributed by atoms with Crippen LogP contribution in [0.3, 0.4) is 0 Å². The summed E-state index contributed by atoms with van der Waals surface area (Å²) in [5, 5.41) is 6.11. The highest BCUT2D eigenvalue weighted by Gasteiger charge is 2.43. The fourth-order valence-corrected chi connectivity index (χ4v) is 2.71. The normalized spacial score (nSPS) is 35.6. The quantitative estimate of drug-likeness (QED) is 0.570. The minimum absolute atomic E-state index is 0.180. The van der Waals surface area contributed by atoms with Crippen LogP contribution in [0.4, 0.5) is 0 Å². The van der Waals surface area contributed by atoms with Crippen LogP contribution >= 0.6 is 0 Å². The molecule has 2 aliphatic rings. The number of nitrogens with one attached hydrogen (secondary N) is 2. The van der Waals surface area contributed by atoms with E-state index in [9.17, 15) is 14.4 Å². The molecule has 0 aromatic heterocycles. The molecule has 6 heteroatoms. The van der Waals surface area contributed by atoms with Crippen molar-refractivity contribution in [3.8, 4) is 0 Å². The molecule has 2 saturated heterocycles. The standard InChI is InChI=1S/C11H17N3O3/c15-5-9-10(6-16)14(11(7-17)13-9)8-1-3-12-4-2-8/h5-13H,1-4H2. The SMILES string of the molecule is O=CC1NC(C=O)N(C2CCNCC2)C1C=O. The Morgan fingerprint density at radius 3 is 2.24 bits per heavy atom. The largest absolute Gasteiger partial charge is 0.317 e. The zero-order chi connectivity index (χ0) is 12.3. The van der Waals surface area contributed by atoms with Crippen molar-refractivity contribution in [3.05, 3.63) is 0 Å². The highest BCUT2D eigenvalue weighted by atomic mass is 16.1. The fourth-order valence-electron chi connectivity index (χ4n) is 2.71. The van der Waals surface area contributed by atoms with Gasteiger partial charge in [0.25, 0.3) is 0 Å². The van der Waals surface area contributed by atoms with Gasteiger partial charge >= 0.3 is 0 Å². The Balaban J connectivity index is 2.17. The molecule has 0 aromatic carbocycles. The van der Waals surface area contributed by atoms with E-state index in [4.69, 9.17) is 0 Å². The van der Waals surface area contributed by atoms with Gasteiger partial charge in [0.2, 0.25) is 0 Å². The Morgan fingerprint density at radius 1 is 1.00 bits per heavy atom. The zero-order valence-electron chi connectivity index (χ0n) is 9.54. The zero-order valence-corrected chi connectivity index (χ0v) is 9.54. The second kappa shape index (κ2) is 5.48. The molecule has 2 fully saturated rings. The monoisotopic (exact) mass is 239 g/mol. The number of carbonyl (C=O) groups is 3. The minimum Gasteiger partial charge on any atom is -0.317 e. The van der Waals surface area contributed by atoms with Gasteiger partial charge in [-0.3, -0.25) is 10.2 Å². The number of hydrogen-bond acceptors (Lipinski definition) is 6. The van der Waals surface area contributed by atoms with Gasteiger partial charge in [-0.05, 0) is 25.9 Å². The third kappa shape index (κ3) is 2.29. The molecule has 0 bridgehead atoms. The molecule has 94 valence electrons. The molecule has 2 N–H and O–H groups in total. The van der Waals surface area contributed by atoms with Crippen molar-refractivity contribution in [2.75, 3.05) is 13.1 Å². The van der Waals surface area contributed by atoms with E-state index in [-0.39, 0.29) is 6.04 Å². The molecule has 3 unspecified atom stereocenters. The van der Waals surface area contributed by atoms with Crippen LogP contribution in [0.1, 0.15) is 12.8 Å². The van der Waals surface area contributed by atoms with E-state index < -0.39 is 18.2 Å². The van der Waals surface area contributed by atoms with Crippen LogP contribution in [0.5, 0.6) is 0 Å². The molecule has 2 heterocycles. The molecule has 6 nitrogen and oxygen atoms in total. The van der Waals surface area contributed by atoms with Crippen LogP contribution in [0.25, 0.3) is 0 Å². The Kier molecular flexibility index (Phi) is 3.98. The van der Waals surface area contributed by atoms with Gasteiger partial charge in [0.1, 0.15) is 18.7 Å². The van der Waals surface area contributed by atoms with Crippen molar-refractivity contribution in [1.82, 2.24) is 15.5 Å². The second-order valence-electron chi connectivity index (χ2n) is 4.46. The summed E-state index contributed by atoms with van der Waals surface area (Å²) in [5.74, 6) is 0. The molecule has 2 rings (SSSR count). The molecule has 0 saturated carbocycles. The maximum atomic E-state index is 11.1. The summed E-state index contributed by atoms with van der Waals surface area (Å²) in [6, 6.07) is -0.914. The van der Waals surface area contributed by atoms with Gasteiger partial charge in [0.15, 0.2) is 6.29 Å². The Bertz CT molecular complexity index is 304. The van der Waals surface area contributed by atoms with E-state index in [1.54, 1.807) is 0 Å². The molecule has 0 aliphatic carbocycles. The predicted octanol–water partition coefficient (Wildman–Crippen LogP) is -1.70. The third-order valence-electron chi connectivity index (χ3n) is 3.54. The maximum Gasteiger partial charge on any atom is 0.151 e. The summed E-state index contributed by atoms with van der Waals surface area (Å²) < 4.78 is 0. The summed E-state index contributed by atoms with van der Waals surface area (Å²) >= 11 is 0. The maximum absolute atomic E-state index is 11.1. The predicted molar refractivity (Wildman–Crippen MR) is 60.4 cm³/mol. The molecular weight excluding hydrogens is 222 g/mol. The molecule has 0 amide bonds. The lowest BCUT2D eigenvalue weighted by Crippen LogP contribution is -2.51. The van der Waals surface area contributed by atoms with Gasteiger partial charge in [-0.2, -0.15) is 0 Å². The number of piperidine rings is 1. The third-order valence-corrected chi connectivity index (χ3v) is 3.54. The molecule has 0 spiro atoms. The molecule has 3 atom stereocenters. The summed E-state index contributed by atoms with van der Waals surface area (Å²) in [6.45, 7) is 1.76. The van der Waals surface area contributed by atoms with Gasteiger partial charge in [-0.15, -0.1) is 0 Å². The fraction of sp³-hybridized carbons (Fsp3) is 0.727. The molecule has 0 aromatic rings. The van der Waals surface area contributed by atoms with Crippen LogP contribution in [0.2, 0.25) is 0 Å². The lowest BCUT2D eigenvalue weighted by molar-refractivity contribution is -0.119. The van der Waals surface area contributed by atoms with E-state index in [1.807, 2.05) is 4.90 Å². The van der Waals surface area contributed by atoms with E-state index in [0.717, 1.165) is 38.5 Å². The van der Waals surface area contributed by atoms with Crippen molar-refractivity contribution >= 4 is 18.9 Å². The molecular formula is C11H17N3O3. The van der Waals surface area contributed by atoms with Crippen LogP contribution in [-0.4, -0.2) is 61.1 Å². The number of carbonyl (C=O) groups excluding carboxylic acids is 3. The Morgan fingerprint density at radius 2 is 1.71 bits per heavy atom. The van der Waals surface area contributed by atoms with E-state index in [0.29, 0.717) is 6.29 Å². The molecule has 2 aliphatic heterocycles.